The van der Waals surface area contributed by atoms with Crippen LogP contribution in [0.4, 0.5) is 0 Å². The molecule has 0 spiro atoms. The van der Waals surface area contributed by atoms with Gasteiger partial charge in [-0.1, -0.05) is 0 Å². The zero-order valence-corrected chi connectivity index (χ0v) is 10.4. The molecule has 0 atom stereocenters. The fraction of sp³-hybridized carbons (Fsp3) is 0.143. The maximum Gasteiger partial charge on any atom is 0.336 e. The Hall–Kier alpha value is -2.56. The molecule has 96 valence electrons. The molecule has 0 radical (unpaired) electrons. The summed E-state index contributed by atoms with van der Waals surface area (Å²) in [4.78, 5) is 11.6. The SMILES string of the molecule is COc1ccc2c(Cn3cccn3)cc(=O)oc2c1. The Labute approximate surface area is 109 Å². The lowest BCUT2D eigenvalue weighted by molar-refractivity contribution is 0.414. The maximum atomic E-state index is 11.6. The monoisotopic (exact) mass is 256 g/mol. The first kappa shape index (κ1) is 11.5. The fourth-order valence-electron chi connectivity index (χ4n) is 2.04. The molecule has 0 amide bonds. The number of hydrogen-bond donors (Lipinski definition) is 0. The molecular formula is C14H12N2O3. The van der Waals surface area contributed by atoms with Gasteiger partial charge in [0.05, 0.1) is 13.7 Å². The van der Waals surface area contributed by atoms with E-state index in [0.717, 1.165) is 10.9 Å². The molecule has 3 rings (SSSR count). The summed E-state index contributed by atoms with van der Waals surface area (Å²) in [5, 5.41) is 5.03. The summed E-state index contributed by atoms with van der Waals surface area (Å²) >= 11 is 0. The van der Waals surface area contributed by atoms with E-state index in [1.54, 1.807) is 24.1 Å². The van der Waals surface area contributed by atoms with E-state index in [1.165, 1.54) is 6.07 Å². The summed E-state index contributed by atoms with van der Waals surface area (Å²) in [7, 11) is 1.58. The van der Waals surface area contributed by atoms with Gasteiger partial charge in [0.25, 0.3) is 0 Å². The average molecular weight is 256 g/mol. The molecule has 5 nitrogen and oxygen atoms in total. The van der Waals surface area contributed by atoms with Gasteiger partial charge in [0.1, 0.15) is 11.3 Å². The largest absolute Gasteiger partial charge is 0.497 e. The Balaban J connectivity index is 2.15. The lowest BCUT2D eigenvalue weighted by atomic mass is 10.1. The number of rotatable bonds is 3. The second-order valence-electron chi connectivity index (χ2n) is 4.16. The molecule has 0 N–H and O–H groups in total. The van der Waals surface area contributed by atoms with Gasteiger partial charge in [-0.05, 0) is 23.8 Å². The third-order valence-corrected chi connectivity index (χ3v) is 2.93. The molecule has 0 aliphatic carbocycles. The smallest absolute Gasteiger partial charge is 0.336 e. The van der Waals surface area contributed by atoms with Crippen LogP contribution in [0.15, 0.2) is 51.9 Å². The molecule has 2 heterocycles. The predicted molar refractivity (Wildman–Crippen MR) is 70.4 cm³/mol. The van der Waals surface area contributed by atoms with Crippen molar-refractivity contribution < 1.29 is 9.15 Å². The van der Waals surface area contributed by atoms with E-state index in [-0.39, 0.29) is 5.63 Å². The topological polar surface area (TPSA) is 57.3 Å². The van der Waals surface area contributed by atoms with Crippen LogP contribution in [0.3, 0.4) is 0 Å². The van der Waals surface area contributed by atoms with Crippen LogP contribution in [0.25, 0.3) is 11.0 Å². The van der Waals surface area contributed by atoms with Gasteiger partial charge < -0.3 is 9.15 Å². The van der Waals surface area contributed by atoms with Crippen molar-refractivity contribution in [2.45, 2.75) is 6.54 Å². The van der Waals surface area contributed by atoms with Gasteiger partial charge in [-0.3, -0.25) is 4.68 Å². The molecule has 0 fully saturated rings. The van der Waals surface area contributed by atoms with Crippen molar-refractivity contribution in [3.8, 4) is 5.75 Å². The van der Waals surface area contributed by atoms with Gasteiger partial charge in [-0.25, -0.2) is 4.79 Å². The van der Waals surface area contributed by atoms with Gasteiger partial charge in [0.2, 0.25) is 0 Å². The molecule has 0 saturated carbocycles. The van der Waals surface area contributed by atoms with Crippen molar-refractivity contribution in [1.82, 2.24) is 9.78 Å². The fourth-order valence-corrected chi connectivity index (χ4v) is 2.04. The first-order valence-electron chi connectivity index (χ1n) is 5.84. The maximum absolute atomic E-state index is 11.6. The molecule has 0 aliphatic heterocycles. The Kier molecular flexibility index (Phi) is 2.79. The minimum absolute atomic E-state index is 0.372. The number of ether oxygens (including phenoxy) is 1. The molecule has 0 bridgehead atoms. The van der Waals surface area contributed by atoms with Crippen LogP contribution in [0.2, 0.25) is 0 Å². The predicted octanol–water partition coefficient (Wildman–Crippen LogP) is 2.05. The molecular weight excluding hydrogens is 244 g/mol. The molecule has 1 aromatic carbocycles. The van der Waals surface area contributed by atoms with Crippen LogP contribution < -0.4 is 10.4 Å². The van der Waals surface area contributed by atoms with Crippen molar-refractivity contribution >= 4 is 11.0 Å². The quantitative estimate of drug-likeness (QED) is 0.673. The van der Waals surface area contributed by atoms with Crippen LogP contribution in [-0.2, 0) is 6.54 Å². The Bertz CT molecular complexity index is 760. The lowest BCUT2D eigenvalue weighted by Crippen LogP contribution is -2.06. The summed E-state index contributed by atoms with van der Waals surface area (Å²) in [6.45, 7) is 0.529. The van der Waals surface area contributed by atoms with Crippen LogP contribution in [0.5, 0.6) is 5.75 Å². The molecule has 5 heteroatoms. The molecule has 0 unspecified atom stereocenters. The molecule has 0 saturated heterocycles. The van der Waals surface area contributed by atoms with Gasteiger partial charge in [-0.2, -0.15) is 5.10 Å². The summed E-state index contributed by atoms with van der Waals surface area (Å²) < 4.78 is 12.1. The van der Waals surface area contributed by atoms with E-state index in [9.17, 15) is 4.79 Å². The van der Waals surface area contributed by atoms with Crippen LogP contribution >= 0.6 is 0 Å². The average Bonchev–Trinajstić information content (AvgIpc) is 2.90. The van der Waals surface area contributed by atoms with E-state index in [1.807, 2.05) is 24.4 Å². The Morgan fingerprint density at radius 3 is 3.00 bits per heavy atom. The number of hydrogen-bond acceptors (Lipinski definition) is 4. The number of aromatic nitrogens is 2. The third-order valence-electron chi connectivity index (χ3n) is 2.93. The van der Waals surface area contributed by atoms with Crippen LogP contribution in [0.1, 0.15) is 5.56 Å². The normalized spacial score (nSPS) is 10.8. The number of benzene rings is 1. The molecule has 0 aliphatic rings. The minimum Gasteiger partial charge on any atom is -0.497 e. The first-order valence-corrected chi connectivity index (χ1v) is 5.84. The van der Waals surface area contributed by atoms with E-state index in [0.29, 0.717) is 17.9 Å². The van der Waals surface area contributed by atoms with E-state index >= 15 is 0 Å². The Morgan fingerprint density at radius 1 is 1.37 bits per heavy atom. The number of nitrogens with zero attached hydrogens (tertiary/aromatic N) is 2. The van der Waals surface area contributed by atoms with Crippen molar-refractivity contribution in [2.75, 3.05) is 7.11 Å². The molecule has 2 aromatic heterocycles. The molecule has 3 aromatic rings. The highest BCUT2D eigenvalue weighted by atomic mass is 16.5. The van der Waals surface area contributed by atoms with Crippen molar-refractivity contribution in [3.05, 3.63) is 58.7 Å². The zero-order chi connectivity index (χ0) is 13.2. The van der Waals surface area contributed by atoms with Crippen molar-refractivity contribution in [1.29, 1.82) is 0 Å². The van der Waals surface area contributed by atoms with Crippen LogP contribution in [-0.4, -0.2) is 16.9 Å². The van der Waals surface area contributed by atoms with Gasteiger partial charge in [0.15, 0.2) is 0 Å². The summed E-state index contributed by atoms with van der Waals surface area (Å²) in [6, 6.07) is 8.78. The van der Waals surface area contributed by atoms with E-state index in [4.69, 9.17) is 9.15 Å². The summed E-state index contributed by atoms with van der Waals surface area (Å²) in [6.07, 6.45) is 3.56. The summed E-state index contributed by atoms with van der Waals surface area (Å²) in [5.41, 5.74) is 1.02. The highest BCUT2D eigenvalue weighted by Crippen LogP contribution is 2.22. The van der Waals surface area contributed by atoms with Crippen molar-refractivity contribution in [3.63, 3.8) is 0 Å². The van der Waals surface area contributed by atoms with E-state index in [2.05, 4.69) is 5.10 Å². The van der Waals surface area contributed by atoms with E-state index < -0.39 is 0 Å². The highest BCUT2D eigenvalue weighted by molar-refractivity contribution is 5.81. The second-order valence-corrected chi connectivity index (χ2v) is 4.16. The Morgan fingerprint density at radius 2 is 2.26 bits per heavy atom. The highest BCUT2D eigenvalue weighted by Gasteiger charge is 2.07. The zero-order valence-electron chi connectivity index (χ0n) is 10.4. The number of methoxy groups -OCH3 is 1. The van der Waals surface area contributed by atoms with Crippen molar-refractivity contribution in [2.24, 2.45) is 0 Å². The molecule has 19 heavy (non-hydrogen) atoms. The van der Waals surface area contributed by atoms with Gasteiger partial charge in [-0.15, -0.1) is 0 Å². The lowest BCUT2D eigenvalue weighted by Gasteiger charge is -2.07. The van der Waals surface area contributed by atoms with Crippen LogP contribution in [0, 0.1) is 0 Å². The van der Waals surface area contributed by atoms with Gasteiger partial charge >= 0.3 is 5.63 Å². The number of fused-ring (bicyclic) bond motifs is 1. The summed E-state index contributed by atoms with van der Waals surface area (Å²) in [5.74, 6) is 0.659. The second kappa shape index (κ2) is 4.61. The third kappa shape index (κ3) is 2.22. The standard InChI is InChI=1S/C14H12N2O3/c1-18-11-3-4-12-10(9-16-6-2-5-15-16)7-14(17)19-13(12)8-11/h2-8H,9H2,1H3. The minimum atomic E-state index is -0.372. The van der Waals surface area contributed by atoms with Gasteiger partial charge in [0, 0.05) is 29.9 Å². The first-order chi connectivity index (χ1) is 9.26.